The molecule has 4 heterocycles. The van der Waals surface area contributed by atoms with Gasteiger partial charge in [0, 0.05) is 26.2 Å². The minimum absolute atomic E-state index is 0.0274. The summed E-state index contributed by atoms with van der Waals surface area (Å²) in [4.78, 5) is 17.4. The Morgan fingerprint density at radius 3 is 2.61 bits per heavy atom. The molecule has 0 N–H and O–H groups in total. The van der Waals surface area contributed by atoms with E-state index in [1.165, 1.54) is 0 Å². The smallest absolute Gasteiger partial charge is 0.257 e. The van der Waals surface area contributed by atoms with Gasteiger partial charge in [-0.1, -0.05) is 18.2 Å². The van der Waals surface area contributed by atoms with Crippen molar-refractivity contribution in [3.63, 3.8) is 0 Å². The van der Waals surface area contributed by atoms with Crippen LogP contribution in [0.2, 0.25) is 0 Å². The topological polar surface area (TPSA) is 84.5 Å². The first-order valence-electron chi connectivity index (χ1n) is 10.4. The number of carbonyl (C=O) groups is 1. The highest BCUT2D eigenvalue weighted by Crippen LogP contribution is 2.19. The summed E-state index contributed by atoms with van der Waals surface area (Å²) in [6, 6.07) is 13.8. The summed E-state index contributed by atoms with van der Waals surface area (Å²) in [6.07, 6.45) is 2.55. The van der Waals surface area contributed by atoms with E-state index >= 15 is 0 Å². The van der Waals surface area contributed by atoms with Crippen LogP contribution in [0.15, 0.2) is 48.7 Å². The first-order valence-corrected chi connectivity index (χ1v) is 10.4. The van der Waals surface area contributed by atoms with Crippen molar-refractivity contribution < 1.29 is 4.79 Å². The maximum atomic E-state index is 13.3. The molecule has 0 atom stereocenters. The Morgan fingerprint density at radius 1 is 0.935 bits per heavy atom. The van der Waals surface area contributed by atoms with Crippen molar-refractivity contribution in [3.05, 3.63) is 65.7 Å². The lowest BCUT2D eigenvalue weighted by Gasteiger charge is -2.22. The van der Waals surface area contributed by atoms with Gasteiger partial charge in [0.05, 0.1) is 23.1 Å². The molecule has 1 aromatic carbocycles. The summed E-state index contributed by atoms with van der Waals surface area (Å²) < 4.78 is 3.57. The SMILES string of the molecule is Cc1c(C(=O)N2CCCN(c3ccc4nnc(C)n4n3)CC2)cnn1-c1ccccc1. The van der Waals surface area contributed by atoms with Crippen LogP contribution in [0.1, 0.15) is 28.3 Å². The summed E-state index contributed by atoms with van der Waals surface area (Å²) in [5, 5.41) is 17.3. The number of rotatable bonds is 3. The second-order valence-electron chi connectivity index (χ2n) is 7.73. The minimum Gasteiger partial charge on any atom is -0.353 e. The summed E-state index contributed by atoms with van der Waals surface area (Å²) in [7, 11) is 0. The molecule has 9 heteroatoms. The van der Waals surface area contributed by atoms with E-state index in [0.717, 1.165) is 48.2 Å². The van der Waals surface area contributed by atoms with Crippen molar-refractivity contribution in [2.45, 2.75) is 20.3 Å². The zero-order valence-electron chi connectivity index (χ0n) is 17.6. The van der Waals surface area contributed by atoms with Gasteiger partial charge >= 0.3 is 0 Å². The second kappa shape index (κ2) is 7.82. The summed E-state index contributed by atoms with van der Waals surface area (Å²) in [5.74, 6) is 1.66. The van der Waals surface area contributed by atoms with Gasteiger partial charge in [0.2, 0.25) is 0 Å². The number of aryl methyl sites for hydroxylation is 1. The van der Waals surface area contributed by atoms with Gasteiger partial charge in [0.25, 0.3) is 5.91 Å². The number of fused-ring (bicyclic) bond motifs is 1. The predicted octanol–water partition coefficient (Wildman–Crippen LogP) is 2.28. The monoisotopic (exact) mass is 416 g/mol. The van der Waals surface area contributed by atoms with Crippen LogP contribution in [0.25, 0.3) is 11.3 Å². The molecule has 5 rings (SSSR count). The molecule has 1 fully saturated rings. The van der Waals surface area contributed by atoms with Gasteiger partial charge in [-0.25, -0.2) is 4.68 Å². The van der Waals surface area contributed by atoms with Crippen molar-refractivity contribution in [3.8, 4) is 5.69 Å². The van der Waals surface area contributed by atoms with E-state index in [2.05, 4.69) is 25.3 Å². The number of nitrogens with zero attached hydrogens (tertiary/aromatic N) is 8. The highest BCUT2D eigenvalue weighted by Gasteiger charge is 2.24. The molecule has 1 aliphatic rings. The Hall–Kier alpha value is -3.75. The van der Waals surface area contributed by atoms with Crippen molar-refractivity contribution in [2.24, 2.45) is 0 Å². The maximum absolute atomic E-state index is 13.3. The van der Waals surface area contributed by atoms with Gasteiger partial charge in [0.1, 0.15) is 5.82 Å². The third-order valence-corrected chi connectivity index (χ3v) is 5.75. The molecule has 0 spiro atoms. The second-order valence-corrected chi connectivity index (χ2v) is 7.73. The van der Waals surface area contributed by atoms with Crippen LogP contribution in [0, 0.1) is 13.8 Å². The first-order chi connectivity index (χ1) is 15.1. The van der Waals surface area contributed by atoms with Crippen molar-refractivity contribution in [1.82, 2.24) is 34.5 Å². The Labute approximate surface area is 179 Å². The fraction of sp³-hybridized carbons (Fsp3) is 0.318. The number of anilines is 1. The molecular weight excluding hydrogens is 392 g/mol. The van der Waals surface area contributed by atoms with Crippen molar-refractivity contribution in [2.75, 3.05) is 31.1 Å². The van der Waals surface area contributed by atoms with Gasteiger partial charge in [-0.05, 0) is 44.5 Å². The number of benzene rings is 1. The number of para-hydroxylation sites is 1. The van der Waals surface area contributed by atoms with Gasteiger partial charge < -0.3 is 9.80 Å². The highest BCUT2D eigenvalue weighted by molar-refractivity contribution is 5.95. The number of hydrogen-bond donors (Lipinski definition) is 0. The van der Waals surface area contributed by atoms with Crippen LogP contribution in [-0.4, -0.2) is 66.6 Å². The van der Waals surface area contributed by atoms with Crippen LogP contribution >= 0.6 is 0 Å². The predicted molar refractivity (Wildman–Crippen MR) is 117 cm³/mol. The van der Waals surface area contributed by atoms with E-state index in [-0.39, 0.29) is 5.91 Å². The minimum atomic E-state index is 0.0274. The highest BCUT2D eigenvalue weighted by atomic mass is 16.2. The summed E-state index contributed by atoms with van der Waals surface area (Å²) in [6.45, 7) is 6.73. The lowest BCUT2D eigenvalue weighted by Crippen LogP contribution is -2.35. The molecule has 9 nitrogen and oxygen atoms in total. The molecule has 1 aliphatic heterocycles. The third-order valence-electron chi connectivity index (χ3n) is 5.75. The van der Waals surface area contributed by atoms with Gasteiger partial charge in [-0.3, -0.25) is 4.79 Å². The maximum Gasteiger partial charge on any atom is 0.257 e. The zero-order valence-corrected chi connectivity index (χ0v) is 17.6. The molecule has 1 amide bonds. The Balaban J connectivity index is 1.33. The average Bonchev–Trinajstić information content (AvgIpc) is 3.26. The Morgan fingerprint density at radius 2 is 1.77 bits per heavy atom. The van der Waals surface area contributed by atoms with E-state index in [1.807, 2.05) is 65.9 Å². The molecule has 1 saturated heterocycles. The number of hydrogen-bond acceptors (Lipinski definition) is 6. The molecule has 0 saturated carbocycles. The van der Waals surface area contributed by atoms with Crippen LogP contribution < -0.4 is 4.90 Å². The lowest BCUT2D eigenvalue weighted by atomic mass is 10.2. The quantitative estimate of drug-likeness (QED) is 0.509. The lowest BCUT2D eigenvalue weighted by molar-refractivity contribution is 0.0766. The van der Waals surface area contributed by atoms with E-state index in [9.17, 15) is 4.79 Å². The normalized spacial score (nSPS) is 14.8. The molecule has 31 heavy (non-hydrogen) atoms. The van der Waals surface area contributed by atoms with Gasteiger partial charge in [-0.15, -0.1) is 15.3 Å². The van der Waals surface area contributed by atoms with E-state index in [1.54, 1.807) is 10.7 Å². The molecule has 0 unspecified atom stereocenters. The molecule has 0 bridgehead atoms. The zero-order chi connectivity index (χ0) is 21.4. The van der Waals surface area contributed by atoms with Crippen molar-refractivity contribution >= 4 is 17.4 Å². The van der Waals surface area contributed by atoms with Crippen LogP contribution in [-0.2, 0) is 0 Å². The fourth-order valence-electron chi connectivity index (χ4n) is 4.02. The van der Waals surface area contributed by atoms with Crippen LogP contribution in [0.3, 0.4) is 0 Å². The van der Waals surface area contributed by atoms with Crippen molar-refractivity contribution in [1.29, 1.82) is 0 Å². The molecule has 3 aromatic heterocycles. The number of aromatic nitrogens is 6. The van der Waals surface area contributed by atoms with E-state index in [0.29, 0.717) is 18.7 Å². The molecular formula is C22H24N8O. The van der Waals surface area contributed by atoms with E-state index < -0.39 is 0 Å². The average molecular weight is 416 g/mol. The van der Waals surface area contributed by atoms with Gasteiger partial charge in [-0.2, -0.15) is 9.61 Å². The number of carbonyl (C=O) groups excluding carboxylic acids is 1. The summed E-state index contributed by atoms with van der Waals surface area (Å²) in [5.41, 5.74) is 3.19. The van der Waals surface area contributed by atoms with Gasteiger partial charge in [0.15, 0.2) is 11.5 Å². The molecule has 4 aromatic rings. The largest absolute Gasteiger partial charge is 0.353 e. The number of amides is 1. The third kappa shape index (κ3) is 3.52. The molecule has 0 radical (unpaired) electrons. The molecule has 0 aliphatic carbocycles. The van der Waals surface area contributed by atoms with Crippen LogP contribution in [0.4, 0.5) is 5.82 Å². The Bertz CT molecular complexity index is 1230. The first kappa shape index (κ1) is 19.2. The van der Waals surface area contributed by atoms with Crippen LogP contribution in [0.5, 0.6) is 0 Å². The van der Waals surface area contributed by atoms with E-state index in [4.69, 9.17) is 0 Å². The molecule has 158 valence electrons. The fourth-order valence-corrected chi connectivity index (χ4v) is 4.02. The Kier molecular flexibility index (Phi) is 4.85. The summed E-state index contributed by atoms with van der Waals surface area (Å²) >= 11 is 0. The standard InChI is InChI=1S/C22H24N8O/c1-16-19(15-23-29(16)18-7-4-3-5-8-18)22(31)28-12-6-11-27(13-14-28)21-10-9-20-25-24-17(2)30(20)26-21/h3-5,7-10,15H,6,11-14H2,1-2H3.